The van der Waals surface area contributed by atoms with Gasteiger partial charge in [0.1, 0.15) is 12.7 Å². The highest BCUT2D eigenvalue weighted by atomic mass is 16.6. The van der Waals surface area contributed by atoms with Crippen molar-refractivity contribution >= 4 is 6.09 Å². The maximum atomic E-state index is 12.0. The molecule has 96 valence electrons. The van der Waals surface area contributed by atoms with Crippen molar-refractivity contribution < 1.29 is 14.3 Å². The van der Waals surface area contributed by atoms with Crippen molar-refractivity contribution in [2.24, 2.45) is 0 Å². The number of carbonyl (C=O) groups excluding carboxylic acids is 1. The minimum atomic E-state index is -0.211. The smallest absolute Gasteiger partial charge is 0.410 e. The summed E-state index contributed by atoms with van der Waals surface area (Å²) in [5, 5.41) is 0. The summed E-state index contributed by atoms with van der Waals surface area (Å²) in [5.74, 6) is 0. The fourth-order valence-corrected chi connectivity index (χ4v) is 2.49. The van der Waals surface area contributed by atoms with Crippen molar-refractivity contribution in [3.05, 3.63) is 35.9 Å². The third-order valence-corrected chi connectivity index (χ3v) is 3.53. The Kier molecular flexibility index (Phi) is 3.19. The Balaban J connectivity index is 1.54. The van der Waals surface area contributed by atoms with E-state index in [-0.39, 0.29) is 18.2 Å². The molecule has 18 heavy (non-hydrogen) atoms. The van der Waals surface area contributed by atoms with E-state index in [0.717, 1.165) is 31.6 Å². The molecule has 2 heterocycles. The number of epoxide rings is 1. The van der Waals surface area contributed by atoms with Crippen LogP contribution in [0.15, 0.2) is 30.3 Å². The summed E-state index contributed by atoms with van der Waals surface area (Å²) in [7, 11) is 0. The summed E-state index contributed by atoms with van der Waals surface area (Å²) < 4.78 is 10.6. The summed E-state index contributed by atoms with van der Waals surface area (Å²) in [6.45, 7) is 1.92. The number of rotatable bonds is 3. The van der Waals surface area contributed by atoms with E-state index >= 15 is 0 Å². The van der Waals surface area contributed by atoms with Crippen LogP contribution in [0.3, 0.4) is 0 Å². The van der Waals surface area contributed by atoms with Crippen LogP contribution in [0.25, 0.3) is 0 Å². The van der Waals surface area contributed by atoms with Crippen molar-refractivity contribution in [1.82, 2.24) is 4.90 Å². The summed E-state index contributed by atoms with van der Waals surface area (Å²) in [6.07, 6.45) is 2.12. The second-order valence-corrected chi connectivity index (χ2v) is 4.81. The zero-order chi connectivity index (χ0) is 12.4. The average Bonchev–Trinajstić information content (AvgIpc) is 3.14. The number of amides is 1. The Morgan fingerprint density at radius 1 is 1.39 bits per heavy atom. The van der Waals surface area contributed by atoms with Crippen molar-refractivity contribution in [3.8, 4) is 0 Å². The highest BCUT2D eigenvalue weighted by Gasteiger charge is 2.42. The molecule has 3 rings (SSSR count). The molecule has 2 aliphatic heterocycles. The summed E-state index contributed by atoms with van der Waals surface area (Å²) in [6, 6.07) is 9.98. The molecule has 2 fully saturated rings. The quantitative estimate of drug-likeness (QED) is 0.769. The van der Waals surface area contributed by atoms with Gasteiger partial charge in [-0.1, -0.05) is 30.3 Å². The maximum absolute atomic E-state index is 12.0. The fourth-order valence-electron chi connectivity index (χ4n) is 2.49. The van der Waals surface area contributed by atoms with Gasteiger partial charge in [-0.05, 0) is 18.4 Å². The lowest BCUT2D eigenvalue weighted by atomic mass is 10.2. The molecule has 1 aromatic rings. The van der Waals surface area contributed by atoms with E-state index in [1.807, 2.05) is 35.2 Å². The molecule has 2 atom stereocenters. The molecule has 0 N–H and O–H groups in total. The van der Waals surface area contributed by atoms with Crippen molar-refractivity contribution in [3.63, 3.8) is 0 Å². The topological polar surface area (TPSA) is 42.1 Å². The number of benzene rings is 1. The number of hydrogen-bond donors (Lipinski definition) is 0. The van der Waals surface area contributed by atoms with E-state index in [0.29, 0.717) is 6.61 Å². The van der Waals surface area contributed by atoms with Gasteiger partial charge in [0, 0.05) is 6.54 Å². The van der Waals surface area contributed by atoms with Crippen LogP contribution in [0.4, 0.5) is 4.79 Å². The molecule has 0 spiro atoms. The van der Waals surface area contributed by atoms with Crippen LogP contribution in [-0.2, 0) is 16.1 Å². The van der Waals surface area contributed by atoms with Crippen LogP contribution >= 0.6 is 0 Å². The second-order valence-electron chi connectivity index (χ2n) is 4.81. The van der Waals surface area contributed by atoms with Gasteiger partial charge in [0.2, 0.25) is 0 Å². The highest BCUT2D eigenvalue weighted by Crippen LogP contribution is 2.28. The molecular weight excluding hydrogens is 230 g/mol. The second kappa shape index (κ2) is 4.98. The fraction of sp³-hybridized carbons (Fsp3) is 0.500. The lowest BCUT2D eigenvalue weighted by Gasteiger charge is -2.22. The molecule has 0 radical (unpaired) electrons. The Labute approximate surface area is 106 Å². The molecule has 2 unspecified atom stereocenters. The van der Waals surface area contributed by atoms with Gasteiger partial charge in [0.05, 0.1) is 12.6 Å². The molecule has 1 amide bonds. The summed E-state index contributed by atoms with van der Waals surface area (Å²) in [4.78, 5) is 13.8. The van der Waals surface area contributed by atoms with Gasteiger partial charge in [0.25, 0.3) is 0 Å². The molecule has 0 saturated carbocycles. The Hall–Kier alpha value is -1.55. The van der Waals surface area contributed by atoms with Gasteiger partial charge in [-0.25, -0.2) is 4.79 Å². The van der Waals surface area contributed by atoms with Gasteiger partial charge in [-0.3, -0.25) is 0 Å². The zero-order valence-corrected chi connectivity index (χ0v) is 10.2. The molecule has 0 aliphatic carbocycles. The molecule has 1 aromatic carbocycles. The van der Waals surface area contributed by atoms with E-state index in [1.54, 1.807) is 0 Å². The standard InChI is InChI=1S/C14H17NO3/c16-14(18-9-11-5-2-1-3-6-11)15-8-4-7-12(15)13-10-17-13/h1-3,5-6,12-13H,4,7-10H2. The molecule has 0 aromatic heterocycles. The third kappa shape index (κ3) is 2.48. The number of carbonyl (C=O) groups is 1. The van der Waals surface area contributed by atoms with Crippen molar-refractivity contribution in [2.75, 3.05) is 13.2 Å². The zero-order valence-electron chi connectivity index (χ0n) is 10.2. The Morgan fingerprint density at radius 2 is 2.17 bits per heavy atom. The lowest BCUT2D eigenvalue weighted by Crippen LogP contribution is -2.39. The molecule has 4 heteroatoms. The third-order valence-electron chi connectivity index (χ3n) is 3.53. The van der Waals surface area contributed by atoms with Crippen molar-refractivity contribution in [1.29, 1.82) is 0 Å². The van der Waals surface area contributed by atoms with E-state index < -0.39 is 0 Å². The van der Waals surface area contributed by atoms with Crippen molar-refractivity contribution in [2.45, 2.75) is 31.6 Å². The van der Waals surface area contributed by atoms with Crippen LogP contribution in [0.1, 0.15) is 18.4 Å². The number of ether oxygens (including phenoxy) is 2. The normalized spacial score (nSPS) is 26.1. The van der Waals surface area contributed by atoms with E-state index in [2.05, 4.69) is 0 Å². The molecule has 4 nitrogen and oxygen atoms in total. The van der Waals surface area contributed by atoms with Gasteiger partial charge < -0.3 is 14.4 Å². The molecule has 2 aliphatic rings. The van der Waals surface area contributed by atoms with Gasteiger partial charge in [-0.2, -0.15) is 0 Å². The predicted molar refractivity (Wildman–Crippen MR) is 66.1 cm³/mol. The highest BCUT2D eigenvalue weighted by molar-refractivity contribution is 5.68. The first-order valence-corrected chi connectivity index (χ1v) is 6.43. The van der Waals surface area contributed by atoms with Crippen LogP contribution in [0, 0.1) is 0 Å². The molecular formula is C14H17NO3. The predicted octanol–water partition coefficient (Wildman–Crippen LogP) is 2.19. The summed E-state index contributed by atoms with van der Waals surface area (Å²) in [5.41, 5.74) is 1.02. The first-order valence-electron chi connectivity index (χ1n) is 6.43. The minimum absolute atomic E-state index is 0.211. The lowest BCUT2D eigenvalue weighted by molar-refractivity contribution is 0.0871. The largest absolute Gasteiger partial charge is 0.445 e. The summed E-state index contributed by atoms with van der Waals surface area (Å²) >= 11 is 0. The first kappa shape index (κ1) is 11.5. The SMILES string of the molecule is O=C(OCc1ccccc1)N1CCCC1C1CO1. The number of hydrogen-bond acceptors (Lipinski definition) is 3. The number of likely N-dealkylation sites (tertiary alicyclic amines) is 1. The Morgan fingerprint density at radius 3 is 2.89 bits per heavy atom. The van der Waals surface area contributed by atoms with Gasteiger partial charge in [0.15, 0.2) is 0 Å². The molecule has 2 saturated heterocycles. The first-order chi connectivity index (χ1) is 8.84. The minimum Gasteiger partial charge on any atom is -0.445 e. The maximum Gasteiger partial charge on any atom is 0.410 e. The van der Waals surface area contributed by atoms with Crippen LogP contribution in [0.2, 0.25) is 0 Å². The van der Waals surface area contributed by atoms with Crippen LogP contribution in [0.5, 0.6) is 0 Å². The van der Waals surface area contributed by atoms with E-state index in [4.69, 9.17) is 9.47 Å². The van der Waals surface area contributed by atoms with Crippen LogP contribution in [-0.4, -0.2) is 36.3 Å². The number of nitrogens with zero attached hydrogens (tertiary/aromatic N) is 1. The van der Waals surface area contributed by atoms with Crippen LogP contribution < -0.4 is 0 Å². The average molecular weight is 247 g/mol. The Bertz CT molecular complexity index is 416. The van der Waals surface area contributed by atoms with E-state index in [1.165, 1.54) is 0 Å². The van der Waals surface area contributed by atoms with Gasteiger partial charge in [-0.15, -0.1) is 0 Å². The molecule has 0 bridgehead atoms. The van der Waals surface area contributed by atoms with E-state index in [9.17, 15) is 4.79 Å². The van der Waals surface area contributed by atoms with Gasteiger partial charge >= 0.3 is 6.09 Å². The monoisotopic (exact) mass is 247 g/mol.